The maximum Gasteiger partial charge on any atom is 0.412 e. The summed E-state index contributed by atoms with van der Waals surface area (Å²) < 4.78 is 10.9. The molecule has 0 spiro atoms. The van der Waals surface area contributed by atoms with Gasteiger partial charge in [0.1, 0.15) is 18.5 Å². The highest BCUT2D eigenvalue weighted by molar-refractivity contribution is 7.98. The lowest BCUT2D eigenvalue weighted by Crippen LogP contribution is -2.17. The van der Waals surface area contributed by atoms with Gasteiger partial charge in [-0.1, -0.05) is 18.2 Å². The van der Waals surface area contributed by atoms with E-state index in [4.69, 9.17) is 19.7 Å². The molecule has 1 amide bonds. The van der Waals surface area contributed by atoms with E-state index in [1.807, 2.05) is 18.4 Å². The Labute approximate surface area is 173 Å². The van der Waals surface area contributed by atoms with Crippen LogP contribution in [0.1, 0.15) is 18.1 Å². The minimum atomic E-state index is -1.08. The quantitative estimate of drug-likeness (QED) is 0.395. The third-order valence-corrected chi connectivity index (χ3v) is 4.53. The standard InChI is InChI=1S/C21H23NO6S/c1-29-18-10-8-16(9-11-18)22-21(26)28-19(6-3-7-20(24)25)15-4-2-5-17(14-15)27-13-12-23/h2-5,7-11,14,19,23H,6,12-13H2,1H3,(H,22,26)(H,24,25)/b7-3+/t19-/m1/s1. The lowest BCUT2D eigenvalue weighted by Gasteiger charge is -2.18. The van der Waals surface area contributed by atoms with Crippen LogP contribution in [0.4, 0.5) is 10.5 Å². The number of aliphatic hydroxyl groups excluding tert-OH is 1. The smallest absolute Gasteiger partial charge is 0.412 e. The second-order valence-corrected chi connectivity index (χ2v) is 6.75. The van der Waals surface area contributed by atoms with Gasteiger partial charge >= 0.3 is 12.1 Å². The van der Waals surface area contributed by atoms with Crippen molar-refractivity contribution in [1.29, 1.82) is 0 Å². The number of hydrogen-bond donors (Lipinski definition) is 3. The number of nitrogens with one attached hydrogen (secondary N) is 1. The molecule has 0 aliphatic carbocycles. The van der Waals surface area contributed by atoms with Crippen LogP contribution in [0.15, 0.2) is 65.6 Å². The van der Waals surface area contributed by atoms with E-state index < -0.39 is 18.2 Å². The van der Waals surface area contributed by atoms with Crippen molar-refractivity contribution in [1.82, 2.24) is 0 Å². The summed E-state index contributed by atoms with van der Waals surface area (Å²) >= 11 is 1.60. The van der Waals surface area contributed by atoms with Crippen LogP contribution in [0.25, 0.3) is 0 Å². The Balaban J connectivity index is 2.12. The maximum atomic E-state index is 12.4. The minimum Gasteiger partial charge on any atom is -0.491 e. The summed E-state index contributed by atoms with van der Waals surface area (Å²) in [4.78, 5) is 24.2. The topological polar surface area (TPSA) is 105 Å². The van der Waals surface area contributed by atoms with E-state index in [9.17, 15) is 9.59 Å². The third-order valence-electron chi connectivity index (χ3n) is 3.79. The molecule has 0 unspecified atom stereocenters. The van der Waals surface area contributed by atoms with Crippen LogP contribution < -0.4 is 10.1 Å². The van der Waals surface area contributed by atoms with Gasteiger partial charge in [-0.25, -0.2) is 9.59 Å². The fourth-order valence-corrected chi connectivity index (χ4v) is 2.87. The first kappa shape index (κ1) is 22.3. The molecule has 0 fully saturated rings. The minimum absolute atomic E-state index is 0.122. The number of aliphatic carboxylic acids is 1. The van der Waals surface area contributed by atoms with Gasteiger partial charge in [0.2, 0.25) is 0 Å². The summed E-state index contributed by atoms with van der Waals surface area (Å²) in [5.74, 6) is -0.567. The van der Waals surface area contributed by atoms with Gasteiger partial charge in [0.05, 0.1) is 6.61 Å². The first-order chi connectivity index (χ1) is 14.0. The lowest BCUT2D eigenvalue weighted by atomic mass is 10.1. The van der Waals surface area contributed by atoms with Gasteiger partial charge in [-0.15, -0.1) is 11.8 Å². The largest absolute Gasteiger partial charge is 0.491 e. The van der Waals surface area contributed by atoms with Crippen LogP contribution in [0.3, 0.4) is 0 Å². The van der Waals surface area contributed by atoms with Crippen LogP contribution in [-0.4, -0.2) is 41.7 Å². The number of carboxylic acids is 1. The average molecular weight is 417 g/mol. The van der Waals surface area contributed by atoms with Gasteiger partial charge in [-0.3, -0.25) is 5.32 Å². The molecule has 8 heteroatoms. The highest BCUT2D eigenvalue weighted by Crippen LogP contribution is 2.26. The molecule has 0 saturated heterocycles. The molecule has 0 aliphatic heterocycles. The molecule has 29 heavy (non-hydrogen) atoms. The van der Waals surface area contributed by atoms with Crippen molar-refractivity contribution >= 4 is 29.5 Å². The Morgan fingerprint density at radius 3 is 2.62 bits per heavy atom. The van der Waals surface area contributed by atoms with Crippen molar-refractivity contribution in [2.75, 3.05) is 24.8 Å². The van der Waals surface area contributed by atoms with E-state index in [0.29, 0.717) is 17.0 Å². The van der Waals surface area contributed by atoms with Crippen LogP contribution in [0.2, 0.25) is 0 Å². The molecular weight excluding hydrogens is 394 g/mol. The lowest BCUT2D eigenvalue weighted by molar-refractivity contribution is -0.131. The number of anilines is 1. The summed E-state index contributed by atoms with van der Waals surface area (Å²) in [6, 6.07) is 14.2. The van der Waals surface area contributed by atoms with Crippen molar-refractivity contribution in [3.8, 4) is 5.75 Å². The summed E-state index contributed by atoms with van der Waals surface area (Å²) in [5.41, 5.74) is 1.23. The zero-order valence-corrected chi connectivity index (χ0v) is 16.7. The third kappa shape index (κ3) is 7.89. The van der Waals surface area contributed by atoms with E-state index in [0.717, 1.165) is 11.0 Å². The molecule has 0 aliphatic rings. The Kier molecular flexibility index (Phi) is 9.07. The summed E-state index contributed by atoms with van der Waals surface area (Å²) in [5, 5.41) is 20.4. The molecule has 3 N–H and O–H groups in total. The van der Waals surface area contributed by atoms with Crippen molar-refractivity contribution in [3.05, 3.63) is 66.2 Å². The van der Waals surface area contributed by atoms with E-state index in [-0.39, 0.29) is 19.6 Å². The number of aliphatic hydroxyl groups is 1. The highest BCUT2D eigenvalue weighted by atomic mass is 32.2. The molecule has 2 aromatic rings. The van der Waals surface area contributed by atoms with Crippen molar-refractivity contribution in [2.24, 2.45) is 0 Å². The Hall–Kier alpha value is -2.97. The van der Waals surface area contributed by atoms with Crippen molar-refractivity contribution in [2.45, 2.75) is 17.4 Å². The molecule has 154 valence electrons. The van der Waals surface area contributed by atoms with Crippen LogP contribution in [0, 0.1) is 0 Å². The zero-order chi connectivity index (χ0) is 21.1. The number of carboxylic acid groups (broad SMARTS) is 1. The summed E-state index contributed by atoms with van der Waals surface area (Å²) in [6.45, 7) is 0.0175. The number of hydrogen-bond acceptors (Lipinski definition) is 6. The van der Waals surface area contributed by atoms with E-state index in [1.165, 1.54) is 6.08 Å². The van der Waals surface area contributed by atoms with E-state index in [2.05, 4.69) is 5.32 Å². The Bertz CT molecular complexity index is 837. The maximum absolute atomic E-state index is 12.4. The van der Waals surface area contributed by atoms with Gasteiger partial charge < -0.3 is 19.7 Å². The molecule has 0 saturated carbocycles. The normalized spacial score (nSPS) is 11.8. The molecular formula is C21H23NO6S. The van der Waals surface area contributed by atoms with Gasteiger partial charge in [0.15, 0.2) is 0 Å². The van der Waals surface area contributed by atoms with Gasteiger partial charge in [0.25, 0.3) is 0 Å². The number of ether oxygens (including phenoxy) is 2. The van der Waals surface area contributed by atoms with Crippen LogP contribution in [0.5, 0.6) is 5.75 Å². The highest BCUT2D eigenvalue weighted by Gasteiger charge is 2.17. The van der Waals surface area contributed by atoms with Gasteiger partial charge in [0, 0.05) is 23.1 Å². The van der Waals surface area contributed by atoms with Crippen LogP contribution in [-0.2, 0) is 9.53 Å². The fourth-order valence-electron chi connectivity index (χ4n) is 2.46. The predicted molar refractivity (Wildman–Crippen MR) is 111 cm³/mol. The van der Waals surface area contributed by atoms with Gasteiger partial charge in [-0.05, 0) is 48.2 Å². The Morgan fingerprint density at radius 1 is 1.21 bits per heavy atom. The molecule has 2 aromatic carbocycles. The molecule has 0 aromatic heterocycles. The molecule has 0 heterocycles. The predicted octanol–water partition coefficient (Wildman–Crippen LogP) is 4.10. The molecule has 0 bridgehead atoms. The Morgan fingerprint density at radius 2 is 1.97 bits per heavy atom. The van der Waals surface area contributed by atoms with Crippen LogP contribution >= 0.6 is 11.8 Å². The first-order valence-corrected chi connectivity index (χ1v) is 10.1. The second kappa shape index (κ2) is 11.8. The SMILES string of the molecule is CSc1ccc(NC(=O)O[C@H](C/C=C/C(=O)O)c2cccc(OCCO)c2)cc1. The number of thioether (sulfide) groups is 1. The van der Waals surface area contributed by atoms with Crippen molar-refractivity contribution < 1.29 is 29.3 Å². The fraction of sp³-hybridized carbons (Fsp3) is 0.238. The number of rotatable bonds is 10. The van der Waals surface area contributed by atoms with Gasteiger partial charge in [-0.2, -0.15) is 0 Å². The second-order valence-electron chi connectivity index (χ2n) is 5.87. The number of benzene rings is 2. The number of carbonyl (C=O) groups is 2. The molecule has 2 rings (SSSR count). The van der Waals surface area contributed by atoms with Crippen molar-refractivity contribution in [3.63, 3.8) is 0 Å². The summed E-state index contributed by atoms with van der Waals surface area (Å²) in [7, 11) is 0. The first-order valence-electron chi connectivity index (χ1n) is 8.86. The molecule has 7 nitrogen and oxygen atoms in total. The number of amides is 1. The summed E-state index contributed by atoms with van der Waals surface area (Å²) in [6.07, 6.45) is 3.20. The monoisotopic (exact) mass is 417 g/mol. The molecule has 1 atom stereocenters. The molecule has 0 radical (unpaired) electrons. The van der Waals surface area contributed by atoms with E-state index >= 15 is 0 Å². The average Bonchev–Trinajstić information content (AvgIpc) is 2.72. The number of carbonyl (C=O) groups excluding carboxylic acids is 1. The van der Waals surface area contributed by atoms with E-state index in [1.54, 1.807) is 48.2 Å². The zero-order valence-electron chi connectivity index (χ0n) is 15.9.